The molecule has 1 amide bonds. The molecule has 36 heavy (non-hydrogen) atoms. The molecule has 180 valence electrons. The molecule has 1 aliphatic carbocycles. The third kappa shape index (κ3) is 4.55. The van der Waals surface area contributed by atoms with Gasteiger partial charge in [-0.1, -0.05) is 59.8 Å². The fraction of sp³-hybridized carbons (Fsp3) is 0.103. The minimum atomic E-state index is -0.563. The first-order valence-electron chi connectivity index (χ1n) is 11.5. The van der Waals surface area contributed by atoms with Crippen LogP contribution in [0.1, 0.15) is 43.7 Å². The maximum Gasteiger partial charge on any atom is 0.251 e. The number of rotatable bonds is 5. The van der Waals surface area contributed by atoms with Gasteiger partial charge in [0.1, 0.15) is 11.6 Å². The molecule has 0 saturated heterocycles. The Balaban J connectivity index is 1.32. The van der Waals surface area contributed by atoms with Gasteiger partial charge in [0.05, 0.1) is 0 Å². The molecule has 0 aromatic heterocycles. The van der Waals surface area contributed by atoms with Crippen LogP contribution in [0.4, 0.5) is 8.78 Å². The van der Waals surface area contributed by atoms with Crippen LogP contribution in [0.25, 0.3) is 11.1 Å². The molecule has 1 aliphatic rings. The third-order valence-corrected chi connectivity index (χ3v) is 6.52. The Hall–Kier alpha value is -4.52. The Morgan fingerprint density at radius 2 is 1.53 bits per heavy atom. The number of amides is 1. The van der Waals surface area contributed by atoms with Crippen LogP contribution >= 0.6 is 0 Å². The molecule has 7 heteroatoms. The summed E-state index contributed by atoms with van der Waals surface area (Å²) in [5.41, 5.74) is 12.4. The lowest BCUT2D eigenvalue weighted by Crippen LogP contribution is -2.24. The molecule has 4 aromatic carbocycles. The Morgan fingerprint density at radius 1 is 0.833 bits per heavy atom. The second-order valence-corrected chi connectivity index (χ2v) is 8.77. The molecule has 4 N–H and O–H groups in total. The lowest BCUT2D eigenvalue weighted by molar-refractivity contribution is 0.0950. The number of hydrogen-bond donors (Lipinski definition) is 3. The lowest BCUT2D eigenvalue weighted by atomic mass is 9.83. The molecule has 5 rings (SSSR count). The Bertz CT molecular complexity index is 1510. The fourth-order valence-corrected chi connectivity index (χ4v) is 4.53. The number of amidine groups is 1. The van der Waals surface area contributed by atoms with Crippen LogP contribution in [0.5, 0.6) is 0 Å². The van der Waals surface area contributed by atoms with Gasteiger partial charge in [0, 0.05) is 28.8 Å². The molecule has 4 aromatic rings. The second-order valence-electron chi connectivity index (χ2n) is 8.77. The number of benzene rings is 4. The van der Waals surface area contributed by atoms with Gasteiger partial charge in [0.15, 0.2) is 5.84 Å². The minimum absolute atomic E-state index is 0.00691. The summed E-state index contributed by atoms with van der Waals surface area (Å²) >= 11 is 0. The van der Waals surface area contributed by atoms with Gasteiger partial charge in [-0.2, -0.15) is 0 Å². The minimum Gasteiger partial charge on any atom is -0.409 e. The lowest BCUT2D eigenvalue weighted by Gasteiger charge is -2.21. The van der Waals surface area contributed by atoms with Gasteiger partial charge in [0.2, 0.25) is 0 Å². The normalized spacial score (nSPS) is 12.6. The number of nitrogens with two attached hydrogens (primary N) is 1. The zero-order valence-electron chi connectivity index (χ0n) is 19.3. The van der Waals surface area contributed by atoms with E-state index in [9.17, 15) is 13.6 Å². The molecule has 0 spiro atoms. The van der Waals surface area contributed by atoms with Crippen molar-refractivity contribution in [3.05, 3.63) is 129 Å². The third-order valence-electron chi connectivity index (χ3n) is 6.52. The van der Waals surface area contributed by atoms with Crippen molar-refractivity contribution in [2.45, 2.75) is 19.4 Å². The predicted molar refractivity (Wildman–Crippen MR) is 134 cm³/mol. The number of nitrogens with one attached hydrogen (secondary N) is 1. The molecule has 5 nitrogen and oxygen atoms in total. The molecular formula is C29H23F2N3O2. The van der Waals surface area contributed by atoms with Crippen LogP contribution in [0, 0.1) is 11.6 Å². The molecule has 0 saturated carbocycles. The number of hydrogen-bond acceptors (Lipinski definition) is 3. The van der Waals surface area contributed by atoms with E-state index >= 15 is 0 Å². The topological polar surface area (TPSA) is 87.7 Å². The van der Waals surface area contributed by atoms with E-state index in [4.69, 9.17) is 10.9 Å². The standard InChI is InChI=1S/C29H23F2N3O2/c30-26-4-2-1-3-25(26)19-7-5-17-11-18-6-9-21(13-24(18)14-23(17)12-19)29(35)33-16-22-10-8-20(15-27(22)31)28(32)34-36/h1-10,12-13,15,36H,11,14,16H2,(H2,32,34)(H,33,35). The van der Waals surface area contributed by atoms with Crippen LogP contribution < -0.4 is 11.1 Å². The van der Waals surface area contributed by atoms with Crippen molar-refractivity contribution in [2.75, 3.05) is 0 Å². The maximum atomic E-state index is 14.4. The van der Waals surface area contributed by atoms with Gasteiger partial charge in [-0.3, -0.25) is 4.79 Å². The van der Waals surface area contributed by atoms with Crippen LogP contribution in [0.15, 0.2) is 84.0 Å². The highest BCUT2D eigenvalue weighted by Gasteiger charge is 2.19. The van der Waals surface area contributed by atoms with Crippen molar-refractivity contribution in [1.82, 2.24) is 5.32 Å². The molecule has 0 aliphatic heterocycles. The van der Waals surface area contributed by atoms with Crippen molar-refractivity contribution < 1.29 is 18.8 Å². The smallest absolute Gasteiger partial charge is 0.251 e. The van der Waals surface area contributed by atoms with Gasteiger partial charge in [-0.15, -0.1) is 0 Å². The van der Waals surface area contributed by atoms with E-state index in [2.05, 4.69) is 10.5 Å². The quantitative estimate of drug-likeness (QED) is 0.140. The van der Waals surface area contributed by atoms with Crippen LogP contribution in [-0.4, -0.2) is 17.0 Å². The summed E-state index contributed by atoms with van der Waals surface area (Å²) in [6.45, 7) is -0.00691. The summed E-state index contributed by atoms with van der Waals surface area (Å²) in [5, 5.41) is 14.3. The van der Waals surface area contributed by atoms with E-state index in [1.54, 1.807) is 18.2 Å². The number of fused-ring (bicyclic) bond motifs is 2. The largest absolute Gasteiger partial charge is 0.409 e. The average Bonchev–Trinajstić information content (AvgIpc) is 2.90. The number of oxime groups is 1. The van der Waals surface area contributed by atoms with Crippen LogP contribution in [0.3, 0.4) is 0 Å². The van der Waals surface area contributed by atoms with Gasteiger partial charge < -0.3 is 16.3 Å². The highest BCUT2D eigenvalue weighted by molar-refractivity contribution is 5.97. The number of halogens is 2. The van der Waals surface area contributed by atoms with Crippen molar-refractivity contribution in [2.24, 2.45) is 10.9 Å². The monoisotopic (exact) mass is 483 g/mol. The van der Waals surface area contributed by atoms with E-state index < -0.39 is 5.82 Å². The first-order chi connectivity index (χ1) is 17.4. The Kier molecular flexibility index (Phi) is 6.21. The Labute approximate surface area is 206 Å². The summed E-state index contributed by atoms with van der Waals surface area (Å²) in [5.74, 6) is -1.33. The van der Waals surface area contributed by atoms with Gasteiger partial charge in [-0.25, -0.2) is 8.78 Å². The van der Waals surface area contributed by atoms with E-state index in [0.717, 1.165) is 34.7 Å². The highest BCUT2D eigenvalue weighted by atomic mass is 19.1. The number of nitrogens with zero attached hydrogens (tertiary/aromatic N) is 1. The molecular weight excluding hydrogens is 460 g/mol. The highest BCUT2D eigenvalue weighted by Crippen LogP contribution is 2.32. The van der Waals surface area contributed by atoms with Crippen molar-refractivity contribution in [3.63, 3.8) is 0 Å². The molecule has 0 bridgehead atoms. The van der Waals surface area contributed by atoms with Gasteiger partial charge in [0.25, 0.3) is 5.91 Å². The van der Waals surface area contributed by atoms with Gasteiger partial charge >= 0.3 is 0 Å². The molecule has 0 radical (unpaired) electrons. The van der Waals surface area contributed by atoms with E-state index in [0.29, 0.717) is 17.5 Å². The van der Waals surface area contributed by atoms with Crippen LogP contribution in [0.2, 0.25) is 0 Å². The summed E-state index contributed by atoms with van der Waals surface area (Å²) < 4.78 is 28.7. The Morgan fingerprint density at radius 3 is 2.28 bits per heavy atom. The van der Waals surface area contributed by atoms with E-state index in [1.807, 2.05) is 36.4 Å². The zero-order chi connectivity index (χ0) is 25.2. The molecule has 0 fully saturated rings. The molecule has 0 unspecified atom stereocenters. The second kappa shape index (κ2) is 9.62. The van der Waals surface area contributed by atoms with E-state index in [1.165, 1.54) is 23.8 Å². The van der Waals surface area contributed by atoms with Crippen molar-refractivity contribution in [1.29, 1.82) is 0 Å². The SMILES string of the molecule is N/C(=N\O)c1ccc(CNC(=O)c2ccc3c(c2)Cc2cc(-c4ccccc4F)ccc2C3)c(F)c1. The molecule has 0 atom stereocenters. The van der Waals surface area contributed by atoms with Crippen molar-refractivity contribution >= 4 is 11.7 Å². The summed E-state index contributed by atoms with van der Waals surface area (Å²) in [6.07, 6.45) is 1.37. The van der Waals surface area contributed by atoms with E-state index in [-0.39, 0.29) is 35.2 Å². The fourth-order valence-electron chi connectivity index (χ4n) is 4.53. The summed E-state index contributed by atoms with van der Waals surface area (Å²) in [6, 6.07) is 22.5. The number of carbonyl (C=O) groups excluding carboxylic acids is 1. The predicted octanol–water partition coefficient (Wildman–Crippen LogP) is 5.15. The van der Waals surface area contributed by atoms with Gasteiger partial charge in [-0.05, 0) is 64.9 Å². The maximum absolute atomic E-state index is 14.4. The zero-order valence-corrected chi connectivity index (χ0v) is 19.3. The average molecular weight is 484 g/mol. The molecule has 0 heterocycles. The first kappa shape index (κ1) is 23.2. The first-order valence-corrected chi connectivity index (χ1v) is 11.5. The van der Waals surface area contributed by atoms with Crippen molar-refractivity contribution in [3.8, 4) is 11.1 Å². The van der Waals surface area contributed by atoms with Crippen LogP contribution in [-0.2, 0) is 19.4 Å². The summed E-state index contributed by atoms with van der Waals surface area (Å²) in [4.78, 5) is 12.8. The summed E-state index contributed by atoms with van der Waals surface area (Å²) in [7, 11) is 0. The number of carbonyl (C=O) groups is 1.